The Kier molecular flexibility index (Phi) is 8.17. The van der Waals surface area contributed by atoms with Crippen molar-refractivity contribution in [2.75, 3.05) is 19.0 Å². The molecule has 0 saturated carbocycles. The van der Waals surface area contributed by atoms with Crippen LogP contribution in [-0.2, 0) is 11.0 Å². The molecule has 8 heteroatoms. The Bertz CT molecular complexity index is 911. The van der Waals surface area contributed by atoms with Crippen LogP contribution in [0.15, 0.2) is 42.5 Å². The minimum absolute atomic E-state index is 0.00661. The van der Waals surface area contributed by atoms with Crippen LogP contribution in [0.25, 0.3) is 6.08 Å². The van der Waals surface area contributed by atoms with Gasteiger partial charge in [-0.05, 0) is 54.3 Å². The first-order valence-corrected chi connectivity index (χ1v) is 9.64. The zero-order valence-electron chi connectivity index (χ0n) is 16.8. The summed E-state index contributed by atoms with van der Waals surface area (Å²) in [5.74, 6) is 1.06. The molecule has 0 aliphatic rings. The number of halogens is 4. The summed E-state index contributed by atoms with van der Waals surface area (Å²) in [6.07, 6.45) is -0.957. The molecule has 1 N–H and O–H groups in total. The fourth-order valence-corrected chi connectivity index (χ4v) is 2.71. The lowest BCUT2D eigenvalue weighted by atomic mass is 10.1. The van der Waals surface area contributed by atoms with E-state index in [1.807, 2.05) is 0 Å². The molecule has 0 unspecified atom stereocenters. The monoisotopic (exact) mass is 441 g/mol. The average Bonchev–Trinajstić information content (AvgIpc) is 2.67. The van der Waals surface area contributed by atoms with Gasteiger partial charge in [-0.3, -0.25) is 4.79 Å². The van der Waals surface area contributed by atoms with Gasteiger partial charge in [-0.15, -0.1) is 0 Å². The molecule has 0 saturated heterocycles. The summed E-state index contributed by atoms with van der Waals surface area (Å²) in [5.41, 5.74) is -0.345. The van der Waals surface area contributed by atoms with E-state index in [9.17, 15) is 18.0 Å². The lowest BCUT2D eigenvalue weighted by molar-refractivity contribution is -0.137. The predicted molar refractivity (Wildman–Crippen MR) is 112 cm³/mol. The third kappa shape index (κ3) is 6.99. The van der Waals surface area contributed by atoms with Gasteiger partial charge in [-0.1, -0.05) is 31.5 Å². The first-order valence-electron chi connectivity index (χ1n) is 9.26. The number of nitrogens with one attached hydrogen (secondary N) is 1. The van der Waals surface area contributed by atoms with E-state index < -0.39 is 22.7 Å². The van der Waals surface area contributed by atoms with Crippen LogP contribution >= 0.6 is 11.6 Å². The summed E-state index contributed by atoms with van der Waals surface area (Å²) in [7, 11) is 1.52. The van der Waals surface area contributed by atoms with Gasteiger partial charge in [-0.25, -0.2) is 0 Å². The average molecular weight is 442 g/mol. The molecule has 0 aliphatic carbocycles. The van der Waals surface area contributed by atoms with Crippen LogP contribution < -0.4 is 14.8 Å². The molecule has 0 aliphatic heterocycles. The Hall–Kier alpha value is -2.67. The van der Waals surface area contributed by atoms with Crippen molar-refractivity contribution in [1.82, 2.24) is 0 Å². The second-order valence-electron chi connectivity index (χ2n) is 6.96. The lowest BCUT2D eigenvalue weighted by Crippen LogP contribution is -2.11. The van der Waals surface area contributed by atoms with Crippen molar-refractivity contribution in [2.24, 2.45) is 5.92 Å². The van der Waals surface area contributed by atoms with Gasteiger partial charge in [0, 0.05) is 11.8 Å². The molecular formula is C22H23ClF3NO3. The smallest absolute Gasteiger partial charge is 0.417 e. The quantitative estimate of drug-likeness (QED) is 0.479. The molecular weight excluding hydrogens is 419 g/mol. The molecule has 2 aromatic rings. The van der Waals surface area contributed by atoms with E-state index in [1.165, 1.54) is 25.3 Å². The molecule has 162 valence electrons. The summed E-state index contributed by atoms with van der Waals surface area (Å²) in [4.78, 5) is 12.1. The standard InChI is InChI=1S/C22H23ClF3NO3/c1-14(2)10-11-30-19-8-4-15(12-20(19)29-3)5-9-21(28)27-16-6-7-18(23)17(13-16)22(24,25)26/h4-9,12-14H,10-11H2,1-3H3,(H,27,28). The highest BCUT2D eigenvalue weighted by Crippen LogP contribution is 2.36. The largest absolute Gasteiger partial charge is 0.493 e. The minimum Gasteiger partial charge on any atom is -0.493 e. The number of carbonyl (C=O) groups is 1. The van der Waals surface area contributed by atoms with Gasteiger partial charge < -0.3 is 14.8 Å². The number of hydrogen-bond acceptors (Lipinski definition) is 3. The number of methoxy groups -OCH3 is 1. The van der Waals surface area contributed by atoms with E-state index >= 15 is 0 Å². The summed E-state index contributed by atoms with van der Waals surface area (Å²) in [5, 5.41) is 1.96. The highest BCUT2D eigenvalue weighted by molar-refractivity contribution is 6.31. The molecule has 2 aromatic carbocycles. The van der Waals surface area contributed by atoms with Crippen LogP contribution in [0.4, 0.5) is 18.9 Å². The second kappa shape index (κ2) is 10.4. The Morgan fingerprint density at radius 3 is 2.53 bits per heavy atom. The van der Waals surface area contributed by atoms with Gasteiger partial charge in [0.15, 0.2) is 11.5 Å². The first-order chi connectivity index (χ1) is 14.1. The maximum absolute atomic E-state index is 12.9. The number of carbonyl (C=O) groups excluding carboxylic acids is 1. The van der Waals surface area contributed by atoms with Crippen molar-refractivity contribution in [3.63, 3.8) is 0 Å². The number of hydrogen-bond donors (Lipinski definition) is 1. The van der Waals surface area contributed by atoms with Crippen molar-refractivity contribution in [1.29, 1.82) is 0 Å². The topological polar surface area (TPSA) is 47.6 Å². The Morgan fingerprint density at radius 2 is 1.90 bits per heavy atom. The Labute approximate surface area is 178 Å². The van der Waals surface area contributed by atoms with Crippen molar-refractivity contribution in [2.45, 2.75) is 26.4 Å². The van der Waals surface area contributed by atoms with E-state index in [0.29, 0.717) is 29.6 Å². The van der Waals surface area contributed by atoms with Gasteiger partial charge in [0.2, 0.25) is 5.91 Å². The highest BCUT2D eigenvalue weighted by atomic mass is 35.5. The Balaban J connectivity index is 2.06. The number of anilines is 1. The molecule has 0 atom stereocenters. The third-order valence-corrected chi connectivity index (χ3v) is 4.44. The molecule has 1 amide bonds. The predicted octanol–water partition coefficient (Wildman–Crippen LogP) is 6.44. The molecule has 0 aromatic heterocycles. The van der Waals surface area contributed by atoms with E-state index in [4.69, 9.17) is 21.1 Å². The summed E-state index contributed by atoms with van der Waals surface area (Å²) in [6.45, 7) is 4.77. The number of alkyl halides is 3. The summed E-state index contributed by atoms with van der Waals surface area (Å²) >= 11 is 5.58. The molecule has 30 heavy (non-hydrogen) atoms. The van der Waals surface area contributed by atoms with Crippen molar-refractivity contribution in [3.05, 3.63) is 58.6 Å². The van der Waals surface area contributed by atoms with Gasteiger partial charge >= 0.3 is 6.18 Å². The number of amides is 1. The highest BCUT2D eigenvalue weighted by Gasteiger charge is 2.33. The maximum Gasteiger partial charge on any atom is 0.417 e. The van der Waals surface area contributed by atoms with Gasteiger partial charge in [-0.2, -0.15) is 13.2 Å². The van der Waals surface area contributed by atoms with Crippen molar-refractivity contribution < 1.29 is 27.4 Å². The van der Waals surface area contributed by atoms with Crippen LogP contribution in [0.1, 0.15) is 31.4 Å². The third-order valence-electron chi connectivity index (χ3n) is 4.11. The SMILES string of the molecule is COc1cc(C=CC(=O)Nc2ccc(Cl)c(C(F)(F)F)c2)ccc1OCCC(C)C. The molecule has 0 spiro atoms. The first kappa shape index (κ1) is 23.6. The van der Waals surface area contributed by atoms with E-state index in [2.05, 4.69) is 19.2 Å². The van der Waals surface area contributed by atoms with Crippen LogP contribution in [-0.4, -0.2) is 19.6 Å². The van der Waals surface area contributed by atoms with Crippen LogP contribution in [0.5, 0.6) is 11.5 Å². The normalized spacial score (nSPS) is 11.7. The zero-order chi connectivity index (χ0) is 22.3. The minimum atomic E-state index is -4.61. The number of benzene rings is 2. The van der Waals surface area contributed by atoms with E-state index in [-0.39, 0.29) is 5.69 Å². The molecule has 0 fully saturated rings. The van der Waals surface area contributed by atoms with Crippen LogP contribution in [0.3, 0.4) is 0 Å². The Morgan fingerprint density at radius 1 is 1.17 bits per heavy atom. The van der Waals surface area contributed by atoms with Crippen molar-refractivity contribution >= 4 is 29.3 Å². The zero-order valence-corrected chi connectivity index (χ0v) is 17.6. The molecule has 4 nitrogen and oxygen atoms in total. The van der Waals surface area contributed by atoms with Crippen molar-refractivity contribution in [3.8, 4) is 11.5 Å². The maximum atomic E-state index is 12.9. The van der Waals surface area contributed by atoms with Crippen LogP contribution in [0.2, 0.25) is 5.02 Å². The molecule has 2 rings (SSSR count). The summed E-state index contributed by atoms with van der Waals surface area (Å²) < 4.78 is 49.8. The summed E-state index contributed by atoms with van der Waals surface area (Å²) in [6, 6.07) is 8.38. The number of rotatable bonds is 8. The molecule has 0 radical (unpaired) electrons. The van der Waals surface area contributed by atoms with E-state index in [0.717, 1.165) is 18.6 Å². The molecule has 0 heterocycles. The van der Waals surface area contributed by atoms with Gasteiger partial charge in [0.1, 0.15) is 0 Å². The number of ether oxygens (including phenoxy) is 2. The lowest BCUT2D eigenvalue weighted by Gasteiger charge is -2.12. The van der Waals surface area contributed by atoms with E-state index in [1.54, 1.807) is 18.2 Å². The second-order valence-corrected chi connectivity index (χ2v) is 7.36. The fourth-order valence-electron chi connectivity index (χ4n) is 2.49. The molecule has 0 bridgehead atoms. The van der Waals surface area contributed by atoms with Gasteiger partial charge in [0.25, 0.3) is 0 Å². The van der Waals surface area contributed by atoms with Crippen LogP contribution in [0, 0.1) is 5.92 Å². The fraction of sp³-hybridized carbons (Fsp3) is 0.318. The van der Waals surface area contributed by atoms with Gasteiger partial charge in [0.05, 0.1) is 24.3 Å².